The van der Waals surface area contributed by atoms with Crippen molar-refractivity contribution in [3.63, 3.8) is 0 Å². The monoisotopic (exact) mass is 422 g/mol. The van der Waals surface area contributed by atoms with E-state index in [1.807, 2.05) is 29.3 Å². The number of pyridine rings is 1. The van der Waals surface area contributed by atoms with E-state index in [-0.39, 0.29) is 23.2 Å². The Balaban J connectivity index is 1.24. The number of hydrogen-bond acceptors (Lipinski definition) is 3. The number of aromatic nitrogens is 1. The highest BCUT2D eigenvalue weighted by molar-refractivity contribution is 5.88. The average molecular weight is 423 g/mol. The van der Waals surface area contributed by atoms with Crippen molar-refractivity contribution in [1.29, 1.82) is 0 Å². The SMILES string of the molecule is O=C(N1CCC2(CC1)COC(Cc1ccccn1)C2)C1(c2cccc(F)c2)CCCC1. The summed E-state index contributed by atoms with van der Waals surface area (Å²) in [6.45, 7) is 2.33. The molecule has 1 aromatic heterocycles. The number of nitrogens with zero attached hydrogens (tertiary/aromatic N) is 2. The molecule has 1 saturated carbocycles. The van der Waals surface area contributed by atoms with E-state index in [1.165, 1.54) is 6.07 Å². The summed E-state index contributed by atoms with van der Waals surface area (Å²) in [7, 11) is 0. The van der Waals surface area contributed by atoms with Crippen molar-refractivity contribution in [3.8, 4) is 0 Å². The topological polar surface area (TPSA) is 42.4 Å². The third-order valence-corrected chi connectivity index (χ3v) is 7.80. The fraction of sp³-hybridized carbons (Fsp3) is 0.538. The summed E-state index contributed by atoms with van der Waals surface area (Å²) in [6.07, 6.45) is 9.62. The Morgan fingerprint density at radius 2 is 1.90 bits per heavy atom. The van der Waals surface area contributed by atoms with E-state index < -0.39 is 5.41 Å². The summed E-state index contributed by atoms with van der Waals surface area (Å²) in [5.41, 5.74) is 1.57. The molecule has 1 spiro atoms. The standard InChI is InChI=1S/C26H31FN2O2/c27-21-7-5-6-20(16-21)26(9-2-3-10-26)24(30)29-14-11-25(12-15-29)18-23(31-19-25)17-22-8-1-4-13-28-22/h1,4-8,13,16,23H,2-3,9-12,14-15,17-19H2. The fourth-order valence-electron chi connectivity index (χ4n) is 6.00. The van der Waals surface area contributed by atoms with E-state index >= 15 is 0 Å². The summed E-state index contributed by atoms with van der Waals surface area (Å²) >= 11 is 0. The van der Waals surface area contributed by atoms with Crippen LogP contribution in [0, 0.1) is 11.2 Å². The Bertz CT molecular complexity index is 918. The highest BCUT2D eigenvalue weighted by Crippen LogP contribution is 2.46. The van der Waals surface area contributed by atoms with Gasteiger partial charge in [0.1, 0.15) is 5.82 Å². The van der Waals surface area contributed by atoms with Crippen molar-refractivity contribution in [2.24, 2.45) is 5.41 Å². The van der Waals surface area contributed by atoms with Gasteiger partial charge in [0.05, 0.1) is 18.1 Å². The van der Waals surface area contributed by atoms with Crippen LogP contribution in [0.2, 0.25) is 0 Å². The van der Waals surface area contributed by atoms with E-state index in [9.17, 15) is 9.18 Å². The van der Waals surface area contributed by atoms with E-state index in [0.717, 1.165) is 82.3 Å². The van der Waals surface area contributed by atoms with Crippen LogP contribution in [0.3, 0.4) is 0 Å². The molecule has 5 heteroatoms. The van der Waals surface area contributed by atoms with Crippen molar-refractivity contribution in [2.45, 2.75) is 62.9 Å². The lowest BCUT2D eigenvalue weighted by molar-refractivity contribution is -0.139. The van der Waals surface area contributed by atoms with E-state index in [0.29, 0.717) is 0 Å². The van der Waals surface area contributed by atoms with Gasteiger partial charge < -0.3 is 9.64 Å². The van der Waals surface area contributed by atoms with Gasteiger partial charge in [0.2, 0.25) is 5.91 Å². The van der Waals surface area contributed by atoms with E-state index in [1.54, 1.807) is 12.1 Å². The highest BCUT2D eigenvalue weighted by atomic mass is 19.1. The maximum absolute atomic E-state index is 13.9. The second-order valence-corrected chi connectivity index (χ2v) is 9.75. The van der Waals surface area contributed by atoms with Crippen molar-refractivity contribution in [3.05, 3.63) is 65.7 Å². The van der Waals surface area contributed by atoms with Crippen LogP contribution in [-0.2, 0) is 21.4 Å². The van der Waals surface area contributed by atoms with Crippen molar-refractivity contribution >= 4 is 5.91 Å². The predicted molar refractivity (Wildman–Crippen MR) is 117 cm³/mol. The third-order valence-electron chi connectivity index (χ3n) is 7.80. The minimum atomic E-state index is -0.541. The number of amides is 1. The number of benzene rings is 1. The van der Waals surface area contributed by atoms with Crippen LogP contribution in [-0.4, -0.2) is 41.6 Å². The molecule has 5 rings (SSSR count). The Kier molecular flexibility index (Phi) is 5.55. The number of rotatable bonds is 4. The second kappa shape index (κ2) is 8.34. The lowest BCUT2D eigenvalue weighted by Crippen LogP contribution is -2.50. The molecular weight excluding hydrogens is 391 g/mol. The van der Waals surface area contributed by atoms with Gasteiger partial charge in [-0.15, -0.1) is 0 Å². The number of likely N-dealkylation sites (tertiary alicyclic amines) is 1. The molecule has 1 atom stereocenters. The zero-order chi connectivity index (χ0) is 21.3. The van der Waals surface area contributed by atoms with Crippen molar-refractivity contribution in [1.82, 2.24) is 9.88 Å². The molecule has 31 heavy (non-hydrogen) atoms. The Hall–Kier alpha value is -2.27. The quantitative estimate of drug-likeness (QED) is 0.719. The molecule has 2 aromatic rings. The summed E-state index contributed by atoms with van der Waals surface area (Å²) in [5, 5.41) is 0. The Labute approximate surface area is 183 Å². The van der Waals surface area contributed by atoms with Gasteiger partial charge in [-0.1, -0.05) is 31.0 Å². The lowest BCUT2D eigenvalue weighted by Gasteiger charge is -2.42. The molecule has 0 radical (unpaired) electrons. The smallest absolute Gasteiger partial charge is 0.233 e. The number of carbonyl (C=O) groups is 1. The molecule has 1 amide bonds. The summed E-state index contributed by atoms with van der Waals surface area (Å²) in [4.78, 5) is 20.2. The first kappa shape index (κ1) is 20.6. The molecule has 0 N–H and O–H groups in total. The van der Waals surface area contributed by atoms with Crippen LogP contribution in [0.1, 0.15) is 56.2 Å². The molecule has 2 aliphatic heterocycles. The minimum Gasteiger partial charge on any atom is -0.377 e. The fourth-order valence-corrected chi connectivity index (χ4v) is 6.00. The zero-order valence-electron chi connectivity index (χ0n) is 18.1. The number of hydrogen-bond donors (Lipinski definition) is 0. The first-order valence-electron chi connectivity index (χ1n) is 11.7. The number of ether oxygens (including phenoxy) is 1. The first-order valence-corrected chi connectivity index (χ1v) is 11.7. The van der Waals surface area contributed by atoms with Gasteiger partial charge in [-0.05, 0) is 67.3 Å². The van der Waals surface area contributed by atoms with Gasteiger partial charge in [-0.2, -0.15) is 0 Å². The molecule has 164 valence electrons. The van der Waals surface area contributed by atoms with Crippen LogP contribution in [0.25, 0.3) is 0 Å². The van der Waals surface area contributed by atoms with Gasteiger partial charge in [-0.3, -0.25) is 9.78 Å². The lowest BCUT2D eigenvalue weighted by atomic mass is 9.74. The van der Waals surface area contributed by atoms with Gasteiger partial charge in [0.15, 0.2) is 0 Å². The zero-order valence-corrected chi connectivity index (χ0v) is 18.1. The third kappa shape index (κ3) is 4.00. The molecule has 1 unspecified atom stereocenters. The number of halogens is 1. The maximum Gasteiger partial charge on any atom is 0.233 e. The van der Waals surface area contributed by atoms with Crippen LogP contribution < -0.4 is 0 Å². The number of piperidine rings is 1. The summed E-state index contributed by atoms with van der Waals surface area (Å²) < 4.78 is 20.1. The largest absolute Gasteiger partial charge is 0.377 e. The molecule has 3 heterocycles. The average Bonchev–Trinajstić information content (AvgIpc) is 3.43. The highest BCUT2D eigenvalue weighted by Gasteiger charge is 2.48. The van der Waals surface area contributed by atoms with Crippen LogP contribution in [0.15, 0.2) is 48.7 Å². The van der Waals surface area contributed by atoms with E-state index in [2.05, 4.69) is 11.1 Å². The Morgan fingerprint density at radius 3 is 2.61 bits per heavy atom. The van der Waals surface area contributed by atoms with Crippen LogP contribution >= 0.6 is 0 Å². The second-order valence-electron chi connectivity index (χ2n) is 9.75. The number of carbonyl (C=O) groups excluding carboxylic acids is 1. The Morgan fingerprint density at radius 1 is 1.10 bits per heavy atom. The van der Waals surface area contributed by atoms with Crippen LogP contribution in [0.4, 0.5) is 4.39 Å². The molecule has 2 saturated heterocycles. The molecular formula is C26H31FN2O2. The minimum absolute atomic E-state index is 0.178. The molecule has 1 aliphatic carbocycles. The molecule has 3 fully saturated rings. The van der Waals surface area contributed by atoms with Gasteiger partial charge in [-0.25, -0.2) is 4.39 Å². The first-order chi connectivity index (χ1) is 15.1. The predicted octanol–water partition coefficient (Wildman–Crippen LogP) is 4.67. The maximum atomic E-state index is 13.9. The summed E-state index contributed by atoms with van der Waals surface area (Å²) in [5.74, 6) is -0.0503. The molecule has 3 aliphatic rings. The van der Waals surface area contributed by atoms with Gasteiger partial charge in [0.25, 0.3) is 0 Å². The molecule has 4 nitrogen and oxygen atoms in total. The summed E-state index contributed by atoms with van der Waals surface area (Å²) in [6, 6.07) is 12.7. The van der Waals surface area contributed by atoms with Crippen molar-refractivity contribution < 1.29 is 13.9 Å². The van der Waals surface area contributed by atoms with Crippen LogP contribution in [0.5, 0.6) is 0 Å². The van der Waals surface area contributed by atoms with Crippen molar-refractivity contribution in [2.75, 3.05) is 19.7 Å². The normalized spacial score (nSPS) is 24.5. The van der Waals surface area contributed by atoms with Gasteiger partial charge >= 0.3 is 0 Å². The molecule has 0 bridgehead atoms. The molecule has 1 aromatic carbocycles. The van der Waals surface area contributed by atoms with E-state index in [4.69, 9.17) is 4.74 Å². The van der Waals surface area contributed by atoms with Gasteiger partial charge in [0, 0.05) is 31.4 Å².